The Morgan fingerprint density at radius 3 is 2.42 bits per heavy atom. The SMILES string of the molecule is Cc1cc(NC(=O)c2cccc(F)c2)ncc1NC(=O)C(C)(C)C. The summed E-state index contributed by atoms with van der Waals surface area (Å²) >= 11 is 0. The molecule has 2 N–H and O–H groups in total. The lowest BCUT2D eigenvalue weighted by Crippen LogP contribution is -2.28. The molecule has 5 nitrogen and oxygen atoms in total. The number of aromatic nitrogens is 1. The summed E-state index contributed by atoms with van der Waals surface area (Å²) < 4.78 is 13.2. The van der Waals surface area contributed by atoms with Crippen LogP contribution in [0.15, 0.2) is 36.5 Å². The highest BCUT2D eigenvalue weighted by atomic mass is 19.1. The van der Waals surface area contributed by atoms with Gasteiger partial charge in [0, 0.05) is 11.0 Å². The third kappa shape index (κ3) is 4.38. The van der Waals surface area contributed by atoms with Crippen LogP contribution in [0.25, 0.3) is 0 Å². The van der Waals surface area contributed by atoms with Crippen LogP contribution < -0.4 is 10.6 Å². The first-order valence-electron chi connectivity index (χ1n) is 7.52. The lowest BCUT2D eigenvalue weighted by Gasteiger charge is -2.18. The number of pyridine rings is 1. The Kier molecular flexibility index (Phi) is 4.97. The van der Waals surface area contributed by atoms with Gasteiger partial charge in [0.15, 0.2) is 0 Å². The van der Waals surface area contributed by atoms with Crippen LogP contribution in [-0.4, -0.2) is 16.8 Å². The van der Waals surface area contributed by atoms with Gasteiger partial charge >= 0.3 is 0 Å². The monoisotopic (exact) mass is 329 g/mol. The third-order valence-electron chi connectivity index (χ3n) is 3.37. The van der Waals surface area contributed by atoms with Crippen LogP contribution in [0.5, 0.6) is 0 Å². The van der Waals surface area contributed by atoms with Crippen molar-refractivity contribution in [2.24, 2.45) is 5.41 Å². The van der Waals surface area contributed by atoms with Crippen molar-refractivity contribution >= 4 is 23.3 Å². The zero-order valence-electron chi connectivity index (χ0n) is 14.1. The van der Waals surface area contributed by atoms with E-state index in [4.69, 9.17) is 0 Å². The molecule has 0 aliphatic heterocycles. The molecule has 1 heterocycles. The zero-order valence-corrected chi connectivity index (χ0v) is 14.1. The molecule has 1 aromatic carbocycles. The molecule has 2 rings (SSSR count). The number of aryl methyl sites for hydroxylation is 1. The molecule has 0 atom stereocenters. The molecule has 0 aliphatic carbocycles. The summed E-state index contributed by atoms with van der Waals surface area (Å²) in [5.41, 5.74) is 1.03. The van der Waals surface area contributed by atoms with Crippen molar-refractivity contribution in [1.82, 2.24) is 4.98 Å². The number of nitrogens with zero attached hydrogens (tertiary/aromatic N) is 1. The van der Waals surface area contributed by atoms with E-state index in [2.05, 4.69) is 15.6 Å². The number of carbonyl (C=O) groups is 2. The van der Waals surface area contributed by atoms with E-state index in [9.17, 15) is 14.0 Å². The van der Waals surface area contributed by atoms with E-state index in [0.717, 1.165) is 11.6 Å². The van der Waals surface area contributed by atoms with Crippen molar-refractivity contribution in [3.63, 3.8) is 0 Å². The lowest BCUT2D eigenvalue weighted by molar-refractivity contribution is -0.123. The second-order valence-electron chi connectivity index (χ2n) is 6.55. The topological polar surface area (TPSA) is 71.1 Å². The van der Waals surface area contributed by atoms with Crippen LogP contribution >= 0.6 is 0 Å². The Bertz CT molecular complexity index is 782. The largest absolute Gasteiger partial charge is 0.324 e. The number of hydrogen-bond donors (Lipinski definition) is 2. The Balaban J connectivity index is 2.12. The Morgan fingerprint density at radius 2 is 1.83 bits per heavy atom. The van der Waals surface area contributed by atoms with E-state index < -0.39 is 17.1 Å². The first-order chi connectivity index (χ1) is 11.2. The van der Waals surface area contributed by atoms with Crippen molar-refractivity contribution in [2.45, 2.75) is 27.7 Å². The van der Waals surface area contributed by atoms with E-state index in [1.165, 1.54) is 24.4 Å². The predicted octanol–water partition coefficient (Wildman–Crippen LogP) is 3.77. The van der Waals surface area contributed by atoms with E-state index in [0.29, 0.717) is 11.5 Å². The van der Waals surface area contributed by atoms with Gasteiger partial charge in [0.25, 0.3) is 5.91 Å². The molecule has 0 unspecified atom stereocenters. The van der Waals surface area contributed by atoms with Gasteiger partial charge in [0.1, 0.15) is 11.6 Å². The second kappa shape index (κ2) is 6.78. The highest BCUT2D eigenvalue weighted by Crippen LogP contribution is 2.21. The van der Waals surface area contributed by atoms with Gasteiger partial charge in [-0.15, -0.1) is 0 Å². The number of rotatable bonds is 3. The van der Waals surface area contributed by atoms with Gasteiger partial charge in [-0.3, -0.25) is 9.59 Å². The van der Waals surface area contributed by atoms with Crippen molar-refractivity contribution in [2.75, 3.05) is 10.6 Å². The van der Waals surface area contributed by atoms with Gasteiger partial charge in [0.2, 0.25) is 5.91 Å². The standard InChI is InChI=1S/C18H20FN3O2/c1-11-8-15(20-10-14(11)21-17(24)18(2,3)4)22-16(23)12-6-5-7-13(19)9-12/h5-10H,1-4H3,(H,21,24)(H,20,22,23). The molecular weight excluding hydrogens is 309 g/mol. The Hall–Kier alpha value is -2.76. The maximum atomic E-state index is 13.2. The number of nitrogens with one attached hydrogen (secondary N) is 2. The molecule has 0 fully saturated rings. The van der Waals surface area contributed by atoms with Gasteiger partial charge in [0.05, 0.1) is 11.9 Å². The minimum Gasteiger partial charge on any atom is -0.324 e. The molecule has 6 heteroatoms. The fourth-order valence-corrected chi connectivity index (χ4v) is 1.88. The van der Waals surface area contributed by atoms with Crippen LogP contribution in [0.2, 0.25) is 0 Å². The molecule has 0 radical (unpaired) electrons. The quantitative estimate of drug-likeness (QED) is 0.900. The predicted molar refractivity (Wildman–Crippen MR) is 91.4 cm³/mol. The molecule has 2 amide bonds. The van der Waals surface area contributed by atoms with Crippen molar-refractivity contribution in [1.29, 1.82) is 0 Å². The van der Waals surface area contributed by atoms with Gasteiger partial charge in [-0.2, -0.15) is 0 Å². The first kappa shape index (κ1) is 17.6. The van der Waals surface area contributed by atoms with Crippen LogP contribution in [0, 0.1) is 18.2 Å². The fraction of sp³-hybridized carbons (Fsp3) is 0.278. The van der Waals surface area contributed by atoms with E-state index in [1.54, 1.807) is 13.0 Å². The minimum atomic E-state index is -0.517. The van der Waals surface area contributed by atoms with E-state index in [-0.39, 0.29) is 11.5 Å². The van der Waals surface area contributed by atoms with Crippen LogP contribution in [0.3, 0.4) is 0 Å². The maximum absolute atomic E-state index is 13.2. The summed E-state index contributed by atoms with van der Waals surface area (Å²) in [7, 11) is 0. The second-order valence-corrected chi connectivity index (χ2v) is 6.55. The molecule has 24 heavy (non-hydrogen) atoms. The van der Waals surface area contributed by atoms with Crippen molar-refractivity contribution < 1.29 is 14.0 Å². The smallest absolute Gasteiger partial charge is 0.256 e. The number of benzene rings is 1. The number of hydrogen-bond acceptors (Lipinski definition) is 3. The summed E-state index contributed by atoms with van der Waals surface area (Å²) in [5, 5.41) is 5.41. The van der Waals surface area contributed by atoms with Gasteiger partial charge in [-0.25, -0.2) is 9.37 Å². The number of halogens is 1. The Morgan fingerprint density at radius 1 is 1.12 bits per heavy atom. The third-order valence-corrected chi connectivity index (χ3v) is 3.37. The highest BCUT2D eigenvalue weighted by Gasteiger charge is 2.22. The molecule has 0 saturated heterocycles. The van der Waals surface area contributed by atoms with Crippen LogP contribution in [0.1, 0.15) is 36.7 Å². The molecule has 0 aliphatic rings. The van der Waals surface area contributed by atoms with Gasteiger partial charge < -0.3 is 10.6 Å². The lowest BCUT2D eigenvalue weighted by atomic mass is 9.95. The maximum Gasteiger partial charge on any atom is 0.256 e. The number of amides is 2. The van der Waals surface area contributed by atoms with Crippen molar-refractivity contribution in [3.8, 4) is 0 Å². The van der Waals surface area contributed by atoms with E-state index in [1.807, 2.05) is 20.8 Å². The summed E-state index contributed by atoms with van der Waals surface area (Å²) in [5.74, 6) is -0.723. The molecule has 1 aromatic heterocycles. The molecule has 0 saturated carbocycles. The molecule has 0 bridgehead atoms. The van der Waals surface area contributed by atoms with Gasteiger partial charge in [-0.1, -0.05) is 26.8 Å². The minimum absolute atomic E-state index is 0.121. The normalized spacial score (nSPS) is 11.0. The average Bonchev–Trinajstić information content (AvgIpc) is 2.49. The first-order valence-corrected chi connectivity index (χ1v) is 7.52. The summed E-state index contributed by atoms with van der Waals surface area (Å²) in [6.07, 6.45) is 1.49. The molecule has 126 valence electrons. The molecule has 0 spiro atoms. The fourth-order valence-electron chi connectivity index (χ4n) is 1.88. The van der Waals surface area contributed by atoms with Crippen LogP contribution in [0.4, 0.5) is 15.9 Å². The summed E-state index contributed by atoms with van der Waals surface area (Å²) in [4.78, 5) is 28.2. The highest BCUT2D eigenvalue weighted by molar-refractivity contribution is 6.04. The summed E-state index contributed by atoms with van der Waals surface area (Å²) in [6, 6.07) is 7.05. The van der Waals surface area contributed by atoms with Crippen LogP contribution in [-0.2, 0) is 4.79 Å². The zero-order chi connectivity index (χ0) is 17.9. The van der Waals surface area contributed by atoms with Crippen molar-refractivity contribution in [3.05, 3.63) is 53.5 Å². The summed E-state index contributed by atoms with van der Waals surface area (Å²) in [6.45, 7) is 7.26. The van der Waals surface area contributed by atoms with Gasteiger partial charge in [-0.05, 0) is 36.8 Å². The number of carbonyl (C=O) groups excluding carboxylic acids is 2. The molecular formula is C18H20FN3O2. The van der Waals surface area contributed by atoms with E-state index >= 15 is 0 Å². The number of anilines is 2. The Labute approximate surface area is 140 Å². The molecule has 2 aromatic rings. The average molecular weight is 329 g/mol.